The first kappa shape index (κ1) is 13.0. The molecule has 0 amide bonds. The molecule has 1 rings (SSSR count). The lowest BCUT2D eigenvalue weighted by Gasteiger charge is -2.09. The van der Waals surface area contributed by atoms with Crippen molar-refractivity contribution in [2.45, 2.75) is 39.9 Å². The van der Waals surface area contributed by atoms with Gasteiger partial charge in [-0.1, -0.05) is 18.2 Å². The van der Waals surface area contributed by atoms with Crippen LogP contribution in [0.5, 0.6) is 5.75 Å². The van der Waals surface area contributed by atoms with Gasteiger partial charge in [-0.3, -0.25) is 0 Å². The average Bonchev–Trinajstić information content (AvgIpc) is 2.03. The minimum Gasteiger partial charge on any atom is -0.508 e. The quantitative estimate of drug-likeness (QED) is 0.787. The molecule has 1 aromatic carbocycles. The molecule has 1 aromatic rings. The number of phenols is 1. The Morgan fingerprint density at radius 3 is 1.50 bits per heavy atom. The summed E-state index contributed by atoms with van der Waals surface area (Å²) >= 11 is 0. The maximum Gasteiger partial charge on any atom is 0.115 e. The summed E-state index contributed by atoms with van der Waals surface area (Å²) in [5.41, 5.74) is 0. The third-order valence-corrected chi connectivity index (χ3v) is 1.30. The Balaban J connectivity index is 0.000000241. The molecule has 80 valence electrons. The van der Waals surface area contributed by atoms with Crippen LogP contribution in [0.1, 0.15) is 27.7 Å². The first-order valence-corrected chi connectivity index (χ1v) is 4.92. The highest BCUT2D eigenvalue weighted by Crippen LogP contribution is 2.02. The molecule has 0 aliphatic rings. The van der Waals surface area contributed by atoms with Crippen molar-refractivity contribution in [1.82, 2.24) is 0 Å². The number of ether oxygens (including phenoxy) is 1. The van der Waals surface area contributed by atoms with Crippen LogP contribution in [0.3, 0.4) is 0 Å². The van der Waals surface area contributed by atoms with E-state index in [1.54, 1.807) is 24.3 Å². The molecule has 0 aromatic heterocycles. The predicted octanol–water partition coefficient (Wildman–Crippen LogP) is 3.21. The first-order valence-electron chi connectivity index (χ1n) is 4.92. The van der Waals surface area contributed by atoms with Crippen LogP contribution in [-0.2, 0) is 4.74 Å². The molecular weight excluding hydrogens is 176 g/mol. The van der Waals surface area contributed by atoms with Crippen LogP contribution < -0.4 is 0 Å². The largest absolute Gasteiger partial charge is 0.508 e. The summed E-state index contributed by atoms with van der Waals surface area (Å²) in [6, 6.07) is 8.71. The lowest BCUT2D eigenvalue weighted by Crippen LogP contribution is -2.09. The highest BCUT2D eigenvalue weighted by molar-refractivity contribution is 5.18. The van der Waals surface area contributed by atoms with E-state index in [1.165, 1.54) is 0 Å². The summed E-state index contributed by atoms with van der Waals surface area (Å²) in [5.74, 6) is 0.322. The van der Waals surface area contributed by atoms with E-state index in [-0.39, 0.29) is 0 Å². The van der Waals surface area contributed by atoms with Gasteiger partial charge in [-0.15, -0.1) is 0 Å². The Labute approximate surface area is 86.5 Å². The van der Waals surface area contributed by atoms with Crippen LogP contribution >= 0.6 is 0 Å². The first-order chi connectivity index (χ1) is 6.52. The topological polar surface area (TPSA) is 29.5 Å². The SMILES string of the molecule is CC(C)OC(C)C.Oc1ccccc1. The van der Waals surface area contributed by atoms with E-state index in [1.807, 2.05) is 33.8 Å². The molecule has 2 heteroatoms. The van der Waals surface area contributed by atoms with E-state index >= 15 is 0 Å². The van der Waals surface area contributed by atoms with Crippen LogP contribution in [0.25, 0.3) is 0 Å². The molecule has 0 heterocycles. The van der Waals surface area contributed by atoms with Gasteiger partial charge >= 0.3 is 0 Å². The molecule has 0 saturated heterocycles. The molecule has 0 radical (unpaired) electrons. The third kappa shape index (κ3) is 9.07. The third-order valence-electron chi connectivity index (χ3n) is 1.30. The van der Waals surface area contributed by atoms with Gasteiger partial charge in [0.25, 0.3) is 0 Å². The summed E-state index contributed by atoms with van der Waals surface area (Å²) < 4.78 is 5.25. The fourth-order valence-electron chi connectivity index (χ4n) is 0.972. The molecule has 0 aliphatic carbocycles. The highest BCUT2D eigenvalue weighted by Gasteiger charge is 1.94. The molecule has 1 N–H and O–H groups in total. The molecule has 0 unspecified atom stereocenters. The van der Waals surface area contributed by atoms with Gasteiger partial charge in [-0.25, -0.2) is 0 Å². The van der Waals surface area contributed by atoms with Gasteiger partial charge in [-0.2, -0.15) is 0 Å². The number of para-hydroxylation sites is 1. The molecule has 0 atom stereocenters. The van der Waals surface area contributed by atoms with E-state index in [2.05, 4.69) is 0 Å². The van der Waals surface area contributed by atoms with E-state index in [0.29, 0.717) is 18.0 Å². The van der Waals surface area contributed by atoms with Crippen LogP contribution in [0, 0.1) is 0 Å². The number of benzene rings is 1. The molecular formula is C12H20O2. The minimum absolute atomic E-state index is 0.322. The second-order valence-corrected chi connectivity index (χ2v) is 3.57. The normalized spacial score (nSPS) is 9.86. The predicted molar refractivity (Wildman–Crippen MR) is 59.5 cm³/mol. The van der Waals surface area contributed by atoms with Gasteiger partial charge in [0.2, 0.25) is 0 Å². The van der Waals surface area contributed by atoms with E-state index in [9.17, 15) is 0 Å². The van der Waals surface area contributed by atoms with E-state index < -0.39 is 0 Å². The van der Waals surface area contributed by atoms with Crippen LogP contribution in [0.15, 0.2) is 30.3 Å². The molecule has 0 spiro atoms. The van der Waals surface area contributed by atoms with Crippen molar-refractivity contribution in [3.63, 3.8) is 0 Å². The zero-order chi connectivity index (χ0) is 11.0. The second kappa shape index (κ2) is 7.39. The van der Waals surface area contributed by atoms with Crippen molar-refractivity contribution >= 4 is 0 Å². The van der Waals surface area contributed by atoms with E-state index in [0.717, 1.165) is 0 Å². The lowest BCUT2D eigenvalue weighted by atomic mass is 10.3. The molecule has 0 bridgehead atoms. The lowest BCUT2D eigenvalue weighted by molar-refractivity contribution is 0.0300. The Hall–Kier alpha value is -1.02. The van der Waals surface area contributed by atoms with Gasteiger partial charge in [0.1, 0.15) is 5.75 Å². The molecule has 0 saturated carbocycles. The monoisotopic (exact) mass is 196 g/mol. The second-order valence-electron chi connectivity index (χ2n) is 3.57. The zero-order valence-corrected chi connectivity index (χ0v) is 9.40. The van der Waals surface area contributed by atoms with Crippen molar-refractivity contribution < 1.29 is 9.84 Å². The van der Waals surface area contributed by atoms with Gasteiger partial charge in [0.15, 0.2) is 0 Å². The van der Waals surface area contributed by atoms with Crippen molar-refractivity contribution in [2.75, 3.05) is 0 Å². The molecule has 2 nitrogen and oxygen atoms in total. The summed E-state index contributed by atoms with van der Waals surface area (Å²) in [5, 5.41) is 8.63. The smallest absolute Gasteiger partial charge is 0.115 e. The standard InChI is InChI=1S/C6H6O.C6H14O/c7-6-4-2-1-3-5-6;1-5(2)7-6(3)4/h1-5,7H;5-6H,1-4H3. The molecule has 14 heavy (non-hydrogen) atoms. The van der Waals surface area contributed by atoms with Gasteiger partial charge in [0, 0.05) is 0 Å². The number of aromatic hydroxyl groups is 1. The fraction of sp³-hybridized carbons (Fsp3) is 0.500. The number of rotatable bonds is 2. The number of hydrogen-bond acceptors (Lipinski definition) is 2. The molecule has 0 fully saturated rings. The number of phenolic OH excluding ortho intramolecular Hbond substituents is 1. The summed E-state index contributed by atoms with van der Waals surface area (Å²) in [7, 11) is 0. The minimum atomic E-state index is 0.322. The number of hydrogen-bond donors (Lipinski definition) is 1. The van der Waals surface area contributed by atoms with Crippen molar-refractivity contribution in [3.8, 4) is 5.75 Å². The maximum atomic E-state index is 8.63. The van der Waals surface area contributed by atoms with Crippen LogP contribution in [-0.4, -0.2) is 17.3 Å². The van der Waals surface area contributed by atoms with Gasteiger partial charge in [0.05, 0.1) is 12.2 Å². The zero-order valence-electron chi connectivity index (χ0n) is 9.40. The van der Waals surface area contributed by atoms with E-state index in [4.69, 9.17) is 9.84 Å². The summed E-state index contributed by atoms with van der Waals surface area (Å²) in [6.07, 6.45) is 0.750. The fourth-order valence-corrected chi connectivity index (χ4v) is 0.972. The summed E-state index contributed by atoms with van der Waals surface area (Å²) in [4.78, 5) is 0. The van der Waals surface area contributed by atoms with Crippen LogP contribution in [0.4, 0.5) is 0 Å². The average molecular weight is 196 g/mol. The van der Waals surface area contributed by atoms with Crippen LogP contribution in [0.2, 0.25) is 0 Å². The Morgan fingerprint density at radius 1 is 0.929 bits per heavy atom. The summed E-state index contributed by atoms with van der Waals surface area (Å²) in [6.45, 7) is 8.17. The van der Waals surface area contributed by atoms with Gasteiger partial charge < -0.3 is 9.84 Å². The van der Waals surface area contributed by atoms with Crippen molar-refractivity contribution in [1.29, 1.82) is 0 Å². The van der Waals surface area contributed by atoms with Gasteiger partial charge in [-0.05, 0) is 39.8 Å². The Kier molecular flexibility index (Phi) is 6.85. The maximum absolute atomic E-state index is 8.63. The Morgan fingerprint density at radius 2 is 1.36 bits per heavy atom. The van der Waals surface area contributed by atoms with Crippen molar-refractivity contribution in [3.05, 3.63) is 30.3 Å². The molecule has 0 aliphatic heterocycles. The highest BCUT2D eigenvalue weighted by atomic mass is 16.5. The Bertz CT molecular complexity index is 211. The van der Waals surface area contributed by atoms with Crippen molar-refractivity contribution in [2.24, 2.45) is 0 Å².